The van der Waals surface area contributed by atoms with E-state index >= 15 is 0 Å². The van der Waals surface area contributed by atoms with Gasteiger partial charge >= 0.3 is 6.09 Å². The molecule has 2 fully saturated rings. The molecule has 0 aliphatic carbocycles. The third-order valence-electron chi connectivity index (χ3n) is 3.09. The van der Waals surface area contributed by atoms with Crippen molar-refractivity contribution in [3.8, 4) is 0 Å². The summed E-state index contributed by atoms with van der Waals surface area (Å²) in [6, 6.07) is 0.209. The van der Waals surface area contributed by atoms with Gasteiger partial charge in [-0.05, 0) is 20.3 Å². The van der Waals surface area contributed by atoms with Gasteiger partial charge in [0, 0.05) is 32.1 Å². The third-order valence-corrected chi connectivity index (χ3v) is 3.09. The second-order valence-electron chi connectivity index (χ2n) is 4.66. The van der Waals surface area contributed by atoms with Crippen molar-refractivity contribution >= 4 is 12.0 Å². The number of carbonyl (C=O) groups excluding carboxylic acids is 2. The van der Waals surface area contributed by atoms with Crippen LogP contribution in [0.5, 0.6) is 0 Å². The van der Waals surface area contributed by atoms with Crippen LogP contribution < -0.4 is 0 Å². The first-order valence-corrected chi connectivity index (χ1v) is 5.83. The van der Waals surface area contributed by atoms with Crippen LogP contribution in [0.4, 0.5) is 4.79 Å². The van der Waals surface area contributed by atoms with Crippen molar-refractivity contribution in [3.05, 3.63) is 0 Å². The number of amides is 2. The first-order valence-electron chi connectivity index (χ1n) is 5.83. The summed E-state index contributed by atoms with van der Waals surface area (Å²) in [7, 11) is 0. The van der Waals surface area contributed by atoms with E-state index in [1.165, 1.54) is 0 Å². The Bertz CT molecular complexity index is 304. The highest BCUT2D eigenvalue weighted by molar-refractivity contribution is 5.79. The maximum Gasteiger partial charge on any atom is 0.410 e. The Morgan fingerprint density at radius 2 is 2.19 bits per heavy atom. The number of fused-ring (bicyclic) bond motifs is 1. The SMILES string of the molecule is CC(C)OC(=O)N1CCN2C(=O)CCC2C1. The quantitative estimate of drug-likeness (QED) is 0.665. The minimum atomic E-state index is -0.256. The van der Waals surface area contributed by atoms with E-state index < -0.39 is 0 Å². The van der Waals surface area contributed by atoms with Crippen LogP contribution >= 0.6 is 0 Å². The van der Waals surface area contributed by atoms with Crippen LogP contribution in [0.3, 0.4) is 0 Å². The molecule has 90 valence electrons. The fourth-order valence-corrected chi connectivity index (χ4v) is 2.31. The van der Waals surface area contributed by atoms with Gasteiger partial charge in [0.15, 0.2) is 0 Å². The number of carbonyl (C=O) groups is 2. The number of ether oxygens (including phenoxy) is 1. The maximum atomic E-state index is 11.7. The van der Waals surface area contributed by atoms with E-state index in [0.717, 1.165) is 6.42 Å². The topological polar surface area (TPSA) is 49.9 Å². The second kappa shape index (κ2) is 4.31. The predicted octanol–water partition coefficient (Wildman–Crippen LogP) is 0.838. The molecule has 0 spiro atoms. The Morgan fingerprint density at radius 3 is 2.88 bits per heavy atom. The van der Waals surface area contributed by atoms with Crippen LogP contribution in [0.2, 0.25) is 0 Å². The minimum absolute atomic E-state index is 0.0873. The van der Waals surface area contributed by atoms with Crippen LogP contribution in [0.15, 0.2) is 0 Å². The zero-order valence-electron chi connectivity index (χ0n) is 9.81. The smallest absolute Gasteiger partial charge is 0.410 e. The summed E-state index contributed by atoms with van der Waals surface area (Å²) in [4.78, 5) is 26.7. The van der Waals surface area contributed by atoms with E-state index in [-0.39, 0.29) is 24.1 Å². The van der Waals surface area contributed by atoms with Gasteiger partial charge in [-0.25, -0.2) is 4.79 Å². The van der Waals surface area contributed by atoms with Gasteiger partial charge in [-0.1, -0.05) is 0 Å². The summed E-state index contributed by atoms with van der Waals surface area (Å²) >= 11 is 0. The lowest BCUT2D eigenvalue weighted by atomic mass is 10.2. The van der Waals surface area contributed by atoms with E-state index in [4.69, 9.17) is 4.74 Å². The second-order valence-corrected chi connectivity index (χ2v) is 4.66. The van der Waals surface area contributed by atoms with Gasteiger partial charge in [0.05, 0.1) is 6.10 Å². The zero-order valence-corrected chi connectivity index (χ0v) is 9.81. The molecule has 0 aromatic carbocycles. The molecular formula is C11H18N2O3. The fraction of sp³-hybridized carbons (Fsp3) is 0.818. The van der Waals surface area contributed by atoms with Crippen molar-refractivity contribution in [1.82, 2.24) is 9.80 Å². The molecule has 16 heavy (non-hydrogen) atoms. The molecule has 5 nitrogen and oxygen atoms in total. The summed E-state index contributed by atoms with van der Waals surface area (Å²) < 4.78 is 5.15. The van der Waals surface area contributed by atoms with E-state index in [0.29, 0.717) is 26.1 Å². The Morgan fingerprint density at radius 1 is 1.44 bits per heavy atom. The zero-order chi connectivity index (χ0) is 11.7. The number of nitrogens with zero attached hydrogens (tertiary/aromatic N) is 2. The molecule has 2 rings (SSSR count). The van der Waals surface area contributed by atoms with E-state index in [2.05, 4.69) is 0 Å². The van der Waals surface area contributed by atoms with Gasteiger partial charge in [-0.2, -0.15) is 0 Å². The highest BCUT2D eigenvalue weighted by atomic mass is 16.6. The lowest BCUT2D eigenvalue weighted by Gasteiger charge is -2.37. The van der Waals surface area contributed by atoms with Crippen molar-refractivity contribution in [2.45, 2.75) is 38.8 Å². The lowest BCUT2D eigenvalue weighted by molar-refractivity contribution is -0.130. The summed E-state index contributed by atoms with van der Waals surface area (Å²) in [6.07, 6.45) is 1.15. The van der Waals surface area contributed by atoms with Crippen LogP contribution in [-0.4, -0.2) is 53.6 Å². The molecule has 0 N–H and O–H groups in total. The van der Waals surface area contributed by atoms with Gasteiger partial charge in [-0.15, -0.1) is 0 Å². The summed E-state index contributed by atoms with van der Waals surface area (Å²) in [5.74, 6) is 0.224. The van der Waals surface area contributed by atoms with Crippen LogP contribution in [0, 0.1) is 0 Å². The first kappa shape index (κ1) is 11.2. The number of piperazine rings is 1. The normalized spacial score (nSPS) is 24.9. The molecule has 2 aliphatic heterocycles. The molecule has 0 radical (unpaired) electrons. The number of hydrogen-bond donors (Lipinski definition) is 0. The molecule has 2 amide bonds. The molecule has 2 aliphatic rings. The number of hydrogen-bond acceptors (Lipinski definition) is 3. The van der Waals surface area contributed by atoms with Gasteiger partial charge in [0.2, 0.25) is 5.91 Å². The van der Waals surface area contributed by atoms with Crippen LogP contribution in [0.25, 0.3) is 0 Å². The molecule has 0 aromatic heterocycles. The molecule has 2 saturated heterocycles. The monoisotopic (exact) mass is 226 g/mol. The van der Waals surface area contributed by atoms with Crippen LogP contribution in [0.1, 0.15) is 26.7 Å². The average Bonchev–Trinajstić information content (AvgIpc) is 2.59. The Labute approximate surface area is 95.3 Å². The Hall–Kier alpha value is -1.26. The molecule has 0 aromatic rings. The lowest BCUT2D eigenvalue weighted by Crippen LogP contribution is -2.53. The maximum absolute atomic E-state index is 11.7. The largest absolute Gasteiger partial charge is 0.447 e. The first-order chi connectivity index (χ1) is 7.58. The molecular weight excluding hydrogens is 208 g/mol. The Balaban J connectivity index is 1.91. The van der Waals surface area contributed by atoms with Crippen molar-refractivity contribution in [2.75, 3.05) is 19.6 Å². The van der Waals surface area contributed by atoms with Crippen molar-refractivity contribution in [3.63, 3.8) is 0 Å². The van der Waals surface area contributed by atoms with Gasteiger partial charge in [0.25, 0.3) is 0 Å². The average molecular weight is 226 g/mol. The summed E-state index contributed by atoms with van der Waals surface area (Å²) in [5, 5.41) is 0. The molecule has 5 heteroatoms. The highest BCUT2D eigenvalue weighted by Crippen LogP contribution is 2.23. The van der Waals surface area contributed by atoms with Gasteiger partial charge in [-0.3, -0.25) is 4.79 Å². The van der Waals surface area contributed by atoms with Crippen molar-refractivity contribution in [1.29, 1.82) is 0 Å². The standard InChI is InChI=1S/C11H18N2O3/c1-8(2)16-11(15)12-5-6-13-9(7-12)3-4-10(13)14/h8-9H,3-7H2,1-2H3. The van der Waals surface area contributed by atoms with Gasteiger partial charge in [0.1, 0.15) is 0 Å². The fourth-order valence-electron chi connectivity index (χ4n) is 2.31. The van der Waals surface area contributed by atoms with Crippen molar-refractivity contribution in [2.24, 2.45) is 0 Å². The molecule has 0 saturated carbocycles. The van der Waals surface area contributed by atoms with E-state index in [1.807, 2.05) is 18.7 Å². The minimum Gasteiger partial charge on any atom is -0.447 e. The van der Waals surface area contributed by atoms with Gasteiger partial charge < -0.3 is 14.5 Å². The summed E-state index contributed by atoms with van der Waals surface area (Å²) in [6.45, 7) is 5.54. The Kier molecular flexibility index (Phi) is 3.03. The third kappa shape index (κ3) is 2.13. The van der Waals surface area contributed by atoms with E-state index in [1.54, 1.807) is 4.90 Å². The van der Waals surface area contributed by atoms with Crippen LogP contribution in [-0.2, 0) is 9.53 Å². The molecule has 2 heterocycles. The van der Waals surface area contributed by atoms with E-state index in [9.17, 15) is 9.59 Å². The molecule has 0 bridgehead atoms. The highest BCUT2D eigenvalue weighted by Gasteiger charge is 2.37. The predicted molar refractivity (Wildman–Crippen MR) is 57.9 cm³/mol. The van der Waals surface area contributed by atoms with Crippen molar-refractivity contribution < 1.29 is 14.3 Å². The summed E-state index contributed by atoms with van der Waals surface area (Å²) in [5.41, 5.74) is 0. The number of rotatable bonds is 1. The molecule has 1 atom stereocenters. The molecule has 1 unspecified atom stereocenters.